The van der Waals surface area contributed by atoms with Gasteiger partial charge in [0.1, 0.15) is 11.7 Å². The third-order valence-electron chi connectivity index (χ3n) is 5.84. The maximum atomic E-state index is 13.3. The number of ether oxygens (including phenoxy) is 1. The molecule has 0 saturated heterocycles. The lowest BCUT2D eigenvalue weighted by molar-refractivity contribution is -0.130. The van der Waals surface area contributed by atoms with E-state index in [0.29, 0.717) is 24.3 Å². The van der Waals surface area contributed by atoms with Crippen LogP contribution >= 0.6 is 0 Å². The number of carbonyl (C=O) groups excluding carboxylic acids is 2. The number of allylic oxidation sites excluding steroid dienone is 1. The molecule has 0 aromatic carbocycles. The van der Waals surface area contributed by atoms with Gasteiger partial charge in [-0.05, 0) is 37.6 Å². The summed E-state index contributed by atoms with van der Waals surface area (Å²) >= 11 is 0. The topological polar surface area (TPSA) is 95.9 Å². The fourth-order valence-electron chi connectivity index (χ4n) is 3.78. The first-order valence-corrected chi connectivity index (χ1v) is 11.2. The molecule has 0 saturated carbocycles. The van der Waals surface area contributed by atoms with Crippen molar-refractivity contribution in [3.8, 4) is 5.88 Å². The van der Waals surface area contributed by atoms with Gasteiger partial charge < -0.3 is 19.6 Å². The van der Waals surface area contributed by atoms with Gasteiger partial charge in [-0.25, -0.2) is 4.98 Å². The van der Waals surface area contributed by atoms with Crippen molar-refractivity contribution < 1.29 is 19.4 Å². The summed E-state index contributed by atoms with van der Waals surface area (Å²) in [6, 6.07) is 6.89. The summed E-state index contributed by atoms with van der Waals surface area (Å²) in [5.74, 6) is -0.154. The molecule has 2 amide bonds. The van der Waals surface area contributed by atoms with Crippen molar-refractivity contribution in [3.63, 3.8) is 0 Å². The standard InChI is InChI=1S/C25H32N4O4/c1-5-8-19-11-21-24(27-13-19)33-22(17(2)14-29(25(21)32)18(3)16-30)15-28(4)23(31)12-20-9-6-7-10-26-20/h5-11,13,17-18,22,30H,12,14-16H2,1-4H3/b8-5+/t17-,18+,22+/m0/s1. The van der Waals surface area contributed by atoms with Crippen LogP contribution in [0.25, 0.3) is 6.08 Å². The summed E-state index contributed by atoms with van der Waals surface area (Å²) in [5.41, 5.74) is 1.85. The highest BCUT2D eigenvalue weighted by atomic mass is 16.5. The average molecular weight is 453 g/mol. The number of pyridine rings is 2. The molecular formula is C25H32N4O4. The van der Waals surface area contributed by atoms with Crippen molar-refractivity contribution in [2.45, 2.75) is 39.3 Å². The molecule has 3 atom stereocenters. The number of hydrogen-bond donors (Lipinski definition) is 1. The zero-order chi connectivity index (χ0) is 24.0. The maximum Gasteiger partial charge on any atom is 0.259 e. The number of amides is 2. The minimum atomic E-state index is -0.386. The molecule has 1 N–H and O–H groups in total. The Labute approximate surface area is 194 Å². The largest absolute Gasteiger partial charge is 0.472 e. The summed E-state index contributed by atoms with van der Waals surface area (Å²) in [7, 11) is 1.74. The first-order chi connectivity index (χ1) is 15.8. The summed E-state index contributed by atoms with van der Waals surface area (Å²) in [4.78, 5) is 38.1. The van der Waals surface area contributed by atoms with E-state index in [2.05, 4.69) is 9.97 Å². The minimum Gasteiger partial charge on any atom is -0.472 e. The van der Waals surface area contributed by atoms with E-state index < -0.39 is 0 Å². The summed E-state index contributed by atoms with van der Waals surface area (Å²) < 4.78 is 6.23. The summed E-state index contributed by atoms with van der Waals surface area (Å²) in [6.07, 6.45) is 6.88. The van der Waals surface area contributed by atoms with Gasteiger partial charge in [0.25, 0.3) is 5.91 Å². The molecule has 33 heavy (non-hydrogen) atoms. The lowest BCUT2D eigenvalue weighted by Crippen LogP contribution is -2.50. The van der Waals surface area contributed by atoms with Crippen molar-refractivity contribution in [2.75, 3.05) is 26.7 Å². The van der Waals surface area contributed by atoms with E-state index >= 15 is 0 Å². The van der Waals surface area contributed by atoms with Crippen LogP contribution in [-0.4, -0.2) is 75.6 Å². The van der Waals surface area contributed by atoms with Crippen LogP contribution in [0.5, 0.6) is 5.88 Å². The fraction of sp³-hybridized carbons (Fsp3) is 0.440. The van der Waals surface area contributed by atoms with E-state index in [1.807, 2.05) is 51.1 Å². The molecule has 3 heterocycles. The molecule has 0 fully saturated rings. The smallest absolute Gasteiger partial charge is 0.259 e. The fourth-order valence-corrected chi connectivity index (χ4v) is 3.78. The summed E-state index contributed by atoms with van der Waals surface area (Å²) in [5, 5.41) is 9.75. The van der Waals surface area contributed by atoms with E-state index in [0.717, 1.165) is 5.56 Å². The van der Waals surface area contributed by atoms with Gasteiger partial charge in [0.15, 0.2) is 0 Å². The Bertz CT molecular complexity index is 995. The molecule has 0 aliphatic carbocycles. The van der Waals surface area contributed by atoms with Gasteiger partial charge in [-0.2, -0.15) is 0 Å². The molecule has 0 unspecified atom stereocenters. The predicted molar refractivity (Wildman–Crippen MR) is 126 cm³/mol. The molecule has 0 bridgehead atoms. The van der Waals surface area contributed by atoms with Gasteiger partial charge in [-0.3, -0.25) is 14.6 Å². The lowest BCUT2D eigenvalue weighted by Gasteiger charge is -2.37. The van der Waals surface area contributed by atoms with Gasteiger partial charge in [0.05, 0.1) is 25.6 Å². The van der Waals surface area contributed by atoms with Gasteiger partial charge in [-0.1, -0.05) is 25.1 Å². The Balaban J connectivity index is 1.87. The Morgan fingerprint density at radius 2 is 2.18 bits per heavy atom. The first kappa shape index (κ1) is 24.4. The molecule has 0 radical (unpaired) electrons. The van der Waals surface area contributed by atoms with Crippen LogP contribution in [0, 0.1) is 5.92 Å². The normalized spacial score (nSPS) is 19.4. The average Bonchev–Trinajstić information content (AvgIpc) is 2.82. The van der Waals surface area contributed by atoms with E-state index in [1.54, 1.807) is 35.3 Å². The third kappa shape index (κ3) is 5.96. The van der Waals surface area contributed by atoms with Crippen LogP contribution in [0.15, 0.2) is 42.7 Å². The number of likely N-dealkylation sites (N-methyl/N-ethyl adjacent to an activating group) is 1. The number of aliphatic hydroxyl groups is 1. The molecule has 0 spiro atoms. The maximum absolute atomic E-state index is 13.3. The number of hydrogen-bond acceptors (Lipinski definition) is 6. The first-order valence-electron chi connectivity index (χ1n) is 11.2. The number of carbonyl (C=O) groups is 2. The molecule has 3 rings (SSSR count). The van der Waals surface area contributed by atoms with E-state index in [9.17, 15) is 14.7 Å². The van der Waals surface area contributed by atoms with Crippen molar-refractivity contribution in [1.82, 2.24) is 19.8 Å². The summed E-state index contributed by atoms with van der Waals surface area (Å²) in [6.45, 7) is 6.26. The predicted octanol–water partition coefficient (Wildman–Crippen LogP) is 2.43. The second-order valence-electron chi connectivity index (χ2n) is 8.52. The van der Waals surface area contributed by atoms with Crippen LogP contribution in [-0.2, 0) is 11.2 Å². The lowest BCUT2D eigenvalue weighted by atomic mass is 9.99. The van der Waals surface area contributed by atoms with Crippen molar-refractivity contribution in [3.05, 3.63) is 59.6 Å². The third-order valence-corrected chi connectivity index (χ3v) is 5.84. The molecule has 8 heteroatoms. The minimum absolute atomic E-state index is 0.0696. The highest BCUT2D eigenvalue weighted by Gasteiger charge is 2.34. The molecule has 1 aliphatic heterocycles. The molecule has 8 nitrogen and oxygen atoms in total. The van der Waals surface area contributed by atoms with Crippen molar-refractivity contribution in [2.24, 2.45) is 5.92 Å². The highest BCUT2D eigenvalue weighted by molar-refractivity contribution is 5.97. The Morgan fingerprint density at radius 3 is 2.85 bits per heavy atom. The second-order valence-corrected chi connectivity index (χ2v) is 8.52. The zero-order valence-electron chi connectivity index (χ0n) is 19.6. The van der Waals surface area contributed by atoms with E-state index in [4.69, 9.17) is 4.74 Å². The molecule has 2 aromatic rings. The van der Waals surface area contributed by atoms with Crippen LogP contribution < -0.4 is 4.74 Å². The monoisotopic (exact) mass is 452 g/mol. The molecular weight excluding hydrogens is 420 g/mol. The van der Waals surface area contributed by atoms with E-state index in [-0.39, 0.29) is 48.8 Å². The van der Waals surface area contributed by atoms with Crippen LogP contribution in [0.4, 0.5) is 0 Å². The SMILES string of the molecule is C/C=C/c1cnc2c(c1)C(=O)N([C@H](C)CO)C[C@H](C)[C@@H](CN(C)C(=O)Cc1ccccn1)O2. The molecule has 176 valence electrons. The van der Waals surface area contributed by atoms with Crippen molar-refractivity contribution in [1.29, 1.82) is 0 Å². The second kappa shape index (κ2) is 11.0. The van der Waals surface area contributed by atoms with Crippen molar-refractivity contribution >= 4 is 17.9 Å². The van der Waals surface area contributed by atoms with E-state index in [1.165, 1.54) is 0 Å². The number of aliphatic hydroxyl groups excluding tert-OH is 1. The number of aromatic nitrogens is 2. The number of fused-ring (bicyclic) bond motifs is 1. The molecule has 1 aliphatic rings. The Kier molecular flexibility index (Phi) is 8.16. The van der Waals surface area contributed by atoms with Crippen LogP contribution in [0.3, 0.4) is 0 Å². The quantitative estimate of drug-likeness (QED) is 0.693. The van der Waals surface area contributed by atoms with Gasteiger partial charge in [0.2, 0.25) is 11.8 Å². The number of rotatable bonds is 7. The Hall–Kier alpha value is -3.26. The van der Waals surface area contributed by atoms with Gasteiger partial charge >= 0.3 is 0 Å². The number of nitrogens with zero attached hydrogens (tertiary/aromatic N) is 4. The van der Waals surface area contributed by atoms with Gasteiger partial charge in [0, 0.05) is 37.6 Å². The van der Waals surface area contributed by atoms with Crippen LogP contribution in [0.1, 0.15) is 42.4 Å². The zero-order valence-corrected chi connectivity index (χ0v) is 19.6. The Morgan fingerprint density at radius 1 is 1.39 bits per heavy atom. The molecule has 2 aromatic heterocycles. The highest BCUT2D eigenvalue weighted by Crippen LogP contribution is 2.27. The van der Waals surface area contributed by atoms with Crippen LogP contribution in [0.2, 0.25) is 0 Å². The van der Waals surface area contributed by atoms with Gasteiger partial charge in [-0.15, -0.1) is 0 Å².